The first kappa shape index (κ1) is 72.1. The van der Waals surface area contributed by atoms with Crippen LogP contribution in [0.3, 0.4) is 0 Å². The fourth-order valence-corrected chi connectivity index (χ4v) is 10.5. The number of hydrogen-bond acceptors (Lipinski definition) is 42. The summed E-state index contributed by atoms with van der Waals surface area (Å²) in [5.41, 5.74) is 33.6. The molecule has 12 aromatic heterocycles. The molecule has 0 radical (unpaired) electrons. The first-order chi connectivity index (χ1) is 46.2. The second-order valence-electron chi connectivity index (χ2n) is 19.2. The van der Waals surface area contributed by atoms with E-state index < -0.39 is 0 Å². The second-order valence-corrected chi connectivity index (χ2v) is 23.9. The molecule has 18 N–H and O–H groups in total. The maximum Gasteiger partial charge on any atom is 0.236 e. The predicted molar refractivity (Wildman–Crippen MR) is 397 cm³/mol. The van der Waals surface area contributed by atoms with Gasteiger partial charge in [0, 0.05) is 117 Å². The van der Waals surface area contributed by atoms with Crippen molar-refractivity contribution >= 4 is 209 Å². The molecule has 0 aliphatic heterocycles. The van der Waals surface area contributed by atoms with Crippen LogP contribution in [-0.2, 0) is 0 Å². The lowest BCUT2D eigenvalue weighted by Gasteiger charge is -2.16. The van der Waals surface area contributed by atoms with E-state index in [4.69, 9.17) is 28.7 Å². The quantitative estimate of drug-likeness (QED) is 0.0361. The van der Waals surface area contributed by atoms with Crippen LogP contribution in [0.25, 0.3) is 0 Å². The molecule has 0 aliphatic carbocycles. The molecule has 504 valence electrons. The lowest BCUT2D eigenvalue weighted by Crippen LogP contribution is -2.19. The van der Waals surface area contributed by atoms with Crippen LogP contribution in [0.1, 0.15) is 0 Å². The van der Waals surface area contributed by atoms with E-state index in [0.29, 0.717) is 77.3 Å². The second kappa shape index (κ2) is 36.2. The van der Waals surface area contributed by atoms with Gasteiger partial charge in [-0.25, -0.2) is 0 Å². The molecule has 0 fully saturated rings. The Morgan fingerprint density at radius 1 is 0.260 bits per heavy atom. The molecule has 12 aromatic rings. The van der Waals surface area contributed by atoms with E-state index in [9.17, 15) is 0 Å². The van der Waals surface area contributed by atoms with Crippen molar-refractivity contribution in [1.29, 1.82) is 0 Å². The fourth-order valence-electron chi connectivity index (χ4n) is 6.84. The van der Waals surface area contributed by atoms with Crippen LogP contribution in [0.4, 0.5) is 141 Å². The van der Waals surface area contributed by atoms with Gasteiger partial charge in [0.15, 0.2) is 0 Å². The zero-order valence-corrected chi connectivity index (χ0v) is 58.9. The van der Waals surface area contributed by atoms with Gasteiger partial charge in [-0.1, -0.05) is 0 Å². The van der Waals surface area contributed by atoms with Crippen LogP contribution < -0.4 is 95.7 Å². The summed E-state index contributed by atoms with van der Waals surface area (Å²) in [6, 6.07) is 11.8. The average Bonchev–Trinajstić information content (AvgIpc) is 1.19. The first-order valence-corrected chi connectivity index (χ1v) is 33.6. The lowest BCUT2D eigenvalue weighted by molar-refractivity contribution is 0.920. The van der Waals surface area contributed by atoms with Gasteiger partial charge >= 0.3 is 0 Å². The zero-order chi connectivity index (χ0) is 69.1. The Morgan fingerprint density at radius 2 is 0.500 bits per heavy atom. The summed E-state index contributed by atoms with van der Waals surface area (Å²) in [7, 11) is 22.1. The summed E-state index contributed by atoms with van der Waals surface area (Å²) in [4.78, 5) is 82.9. The van der Waals surface area contributed by atoms with E-state index in [-0.39, 0.29) is 29.7 Å². The fraction of sp³-hybridized carbons (Fsp3) is 0.222. The highest BCUT2D eigenvalue weighted by molar-refractivity contribution is 7.09. The number of hydrogen-bond donors (Lipinski definition) is 13. The van der Waals surface area contributed by atoms with Crippen molar-refractivity contribution in [2.75, 3.05) is 180 Å². The van der Waals surface area contributed by atoms with Gasteiger partial charge in [0.25, 0.3) is 0 Å². The third kappa shape index (κ3) is 23.0. The van der Waals surface area contributed by atoms with Gasteiger partial charge in [0.1, 0.15) is 0 Å². The Labute approximate surface area is 576 Å². The van der Waals surface area contributed by atoms with E-state index in [1.807, 2.05) is 172 Å². The van der Waals surface area contributed by atoms with E-state index in [1.165, 1.54) is 0 Å². The van der Waals surface area contributed by atoms with Gasteiger partial charge in [-0.2, -0.15) is 158 Å². The van der Waals surface area contributed by atoms with Crippen LogP contribution in [0.5, 0.6) is 0 Å². The molecule has 0 aliphatic rings. The number of nitrogen functional groups attached to an aromatic ring is 5. The minimum absolute atomic E-state index is 0.125. The van der Waals surface area contributed by atoms with Crippen molar-refractivity contribution in [3.8, 4) is 0 Å². The number of rotatable bonds is 19. The Bertz CT molecular complexity index is 4070. The normalized spacial score (nSPS) is 10.1. The van der Waals surface area contributed by atoms with E-state index in [0.717, 1.165) is 34.1 Å². The number of nitrogens with two attached hydrogens (primary N) is 5. The third-order valence-electron chi connectivity index (χ3n) is 11.4. The van der Waals surface area contributed by atoms with Gasteiger partial charge < -0.3 is 95.7 Å². The largest absolute Gasteiger partial charge is 0.368 e. The van der Waals surface area contributed by atoms with E-state index >= 15 is 0 Å². The van der Waals surface area contributed by atoms with Crippen molar-refractivity contribution < 1.29 is 0 Å². The van der Waals surface area contributed by atoms with Gasteiger partial charge in [-0.05, 0) is 68.7 Å². The highest BCUT2D eigenvalue weighted by Crippen LogP contribution is 2.27. The molecule has 0 bridgehead atoms. The highest BCUT2D eigenvalue weighted by atomic mass is 32.1. The van der Waals surface area contributed by atoms with Crippen molar-refractivity contribution in [2.24, 2.45) is 0 Å². The van der Waals surface area contributed by atoms with Crippen molar-refractivity contribution in [1.82, 2.24) is 89.7 Å². The molecule has 0 atom stereocenters. The minimum atomic E-state index is 0.125. The molecular weight excluding hydrogens is 1350 g/mol. The minimum Gasteiger partial charge on any atom is -0.368 e. The maximum absolute atomic E-state index is 5.60. The molecule has 0 saturated carbocycles. The van der Waals surface area contributed by atoms with Crippen LogP contribution >= 0.6 is 68.0 Å². The van der Waals surface area contributed by atoms with Gasteiger partial charge in [-0.15, -0.1) is 0 Å². The van der Waals surface area contributed by atoms with Crippen LogP contribution in [0.15, 0.2) is 101 Å². The number of aromatic nitrogens is 18. The van der Waals surface area contributed by atoms with Gasteiger partial charge in [0.2, 0.25) is 107 Å². The molecule has 0 saturated heterocycles. The summed E-state index contributed by atoms with van der Waals surface area (Å²) in [5.74, 6) is 7.52. The molecule has 12 heterocycles. The molecule has 0 spiro atoms. The molecule has 0 aromatic carbocycles. The number of thiophene rings is 6. The summed E-state index contributed by atoms with van der Waals surface area (Å²) < 4.78 is 0. The Hall–Kier alpha value is -11.3. The molecule has 36 nitrogen and oxygen atoms in total. The zero-order valence-electron chi connectivity index (χ0n) is 54.0. The molecule has 0 unspecified atom stereocenters. The molecular formula is C54H72N36S6. The van der Waals surface area contributed by atoms with E-state index in [2.05, 4.69) is 132 Å². The Morgan fingerprint density at radius 3 is 0.833 bits per heavy atom. The number of nitrogens with zero attached hydrogens (tertiary/aromatic N) is 23. The molecule has 96 heavy (non-hydrogen) atoms. The molecule has 12 rings (SSSR count). The lowest BCUT2D eigenvalue weighted by atomic mass is 10.5. The maximum atomic E-state index is 5.60. The van der Waals surface area contributed by atoms with Crippen LogP contribution in [0.2, 0.25) is 0 Å². The summed E-state index contributed by atoms with van der Waals surface area (Å²) in [6.07, 6.45) is 0. The summed E-state index contributed by atoms with van der Waals surface area (Å²) in [6.45, 7) is 0. The Balaban J connectivity index is 0.000000163. The Kier molecular flexibility index (Phi) is 27.2. The summed E-state index contributed by atoms with van der Waals surface area (Å²) >= 11 is 9.64. The standard InChI is InChI=1S/C11H16N6S.3C9H12N6S.2C8H10N6S/c1-16(2)10-13-9(12-8-5-6-18-7-8)14-11(15-10)17(3)4;1-15(2)9-13-7(10)12-8(14-9)11-6-3-4-16-5-6;1-11-8-12-7(10)13-9(14-8)15(2)6-3-4-16-5-6;1-10-7-13-8(11-2)15-9(14-7)12-6-3-4-16-5-6;1-14(5-2-3-15-4-5)8-12-6(9)11-7(10)13-8;1-10-7-12-6(9)13-8(14-7)11-5-2-3-15-4-5/h5-7H,1-4H3,(H,12,13,14,15);2*3-5H,1-2H3,(H3,10,11,12,13,14);3-5H,1-2H3,(H3,10,11,12,13,14,15);2-4H,1H3,(H4,9,10,11,12,13);2-4H,1H3,(H4,9,10,11,12,13,14). The third-order valence-corrected chi connectivity index (χ3v) is 15.5. The average molecular weight is 1420 g/mol. The van der Waals surface area contributed by atoms with Crippen molar-refractivity contribution in [2.45, 2.75) is 0 Å². The molecule has 0 amide bonds. The first-order valence-electron chi connectivity index (χ1n) is 27.9. The number of anilines is 24. The number of nitrogens with one attached hydrogen (secondary N) is 8. The van der Waals surface area contributed by atoms with Crippen LogP contribution in [0, 0.1) is 0 Å². The predicted octanol–water partition coefficient (Wildman–Crippen LogP) is 8.38. The highest BCUT2D eigenvalue weighted by Gasteiger charge is 2.14. The van der Waals surface area contributed by atoms with Crippen molar-refractivity contribution in [3.05, 3.63) is 101 Å². The SMILES string of the molecule is CN(C)c1nc(N)nc(Nc2ccsc2)n1.CN(C)c1nc(Nc2ccsc2)nc(N(C)C)n1.CN(c1ccsc1)c1nc(N)nc(N)n1.CNc1nc(N)nc(N(C)c2ccsc2)n1.CNc1nc(N)nc(Nc2ccsc2)n1.CNc1nc(NC)nc(Nc2ccsc2)n1. The van der Waals surface area contributed by atoms with Crippen LogP contribution in [-0.4, -0.2) is 174 Å². The van der Waals surface area contributed by atoms with Gasteiger partial charge in [-0.3, -0.25) is 0 Å². The monoisotopic (exact) mass is 1420 g/mol. The molecule has 42 heteroatoms. The summed E-state index contributed by atoms with van der Waals surface area (Å²) in [5, 5.41) is 47.6. The smallest absolute Gasteiger partial charge is 0.236 e. The topological polar surface area (TPSA) is 475 Å². The van der Waals surface area contributed by atoms with Crippen molar-refractivity contribution in [3.63, 3.8) is 0 Å². The van der Waals surface area contributed by atoms with Gasteiger partial charge in [0.05, 0.1) is 34.1 Å². The van der Waals surface area contributed by atoms with E-state index in [1.54, 1.807) is 106 Å².